The molecule has 94 valence electrons. The van der Waals surface area contributed by atoms with Crippen molar-refractivity contribution in [2.24, 2.45) is 0 Å². The average molecular weight is 248 g/mol. The first-order valence-electron chi connectivity index (χ1n) is 4.62. The molecule has 0 spiro atoms. The van der Waals surface area contributed by atoms with E-state index in [2.05, 4.69) is 5.32 Å². The van der Waals surface area contributed by atoms with Crippen LogP contribution in [0, 0.1) is 0 Å². The minimum Gasteiger partial charge on any atom is -0.497 e. The number of anilines is 2. The molecule has 0 radical (unpaired) electrons. The summed E-state index contributed by atoms with van der Waals surface area (Å²) in [6.45, 7) is 0. The lowest BCUT2D eigenvalue weighted by Gasteiger charge is -2.10. The Kier molecular flexibility index (Phi) is 3.82. The molecule has 0 aromatic heterocycles. The molecular weight excluding hydrogens is 237 g/mol. The van der Waals surface area contributed by atoms with Crippen LogP contribution in [0.5, 0.6) is 5.75 Å². The van der Waals surface area contributed by atoms with E-state index in [9.17, 15) is 18.0 Å². The second kappa shape index (κ2) is 4.94. The molecule has 1 amide bonds. The van der Waals surface area contributed by atoms with Gasteiger partial charge in [-0.05, 0) is 12.1 Å². The summed E-state index contributed by atoms with van der Waals surface area (Å²) in [4.78, 5) is 11.0. The van der Waals surface area contributed by atoms with Crippen molar-refractivity contribution in [3.63, 3.8) is 0 Å². The third kappa shape index (κ3) is 4.21. The lowest BCUT2D eigenvalue weighted by Crippen LogP contribution is -2.21. The van der Waals surface area contributed by atoms with Gasteiger partial charge in [0, 0.05) is 6.07 Å². The molecule has 1 aromatic rings. The molecule has 7 heteroatoms. The highest BCUT2D eigenvalue weighted by Crippen LogP contribution is 2.25. The third-order valence-corrected chi connectivity index (χ3v) is 1.89. The first-order valence-corrected chi connectivity index (χ1v) is 4.62. The number of hydrogen-bond donors (Lipinski definition) is 2. The first-order chi connectivity index (χ1) is 7.81. The molecule has 4 nitrogen and oxygen atoms in total. The van der Waals surface area contributed by atoms with Gasteiger partial charge in [0.1, 0.15) is 12.2 Å². The zero-order valence-corrected chi connectivity index (χ0v) is 8.97. The Labute approximate surface area is 95.6 Å². The Balaban J connectivity index is 2.72. The lowest BCUT2D eigenvalue weighted by molar-refractivity contribution is -0.150. The molecule has 0 bridgehead atoms. The van der Waals surface area contributed by atoms with Crippen molar-refractivity contribution >= 4 is 17.3 Å². The zero-order valence-electron chi connectivity index (χ0n) is 8.97. The van der Waals surface area contributed by atoms with Crippen LogP contribution in [0.15, 0.2) is 18.2 Å². The summed E-state index contributed by atoms with van der Waals surface area (Å²) in [5.41, 5.74) is 5.80. The standard InChI is InChI=1S/C10H11F3N2O2/c1-17-6-2-3-8(7(14)4-6)15-9(16)5-10(11,12)13/h2-4H,5,14H2,1H3,(H,15,16). The van der Waals surface area contributed by atoms with E-state index >= 15 is 0 Å². The van der Waals surface area contributed by atoms with Crippen LogP contribution < -0.4 is 15.8 Å². The van der Waals surface area contributed by atoms with Crippen molar-refractivity contribution in [2.45, 2.75) is 12.6 Å². The van der Waals surface area contributed by atoms with Crippen LogP contribution >= 0.6 is 0 Å². The van der Waals surface area contributed by atoms with E-state index in [0.29, 0.717) is 5.75 Å². The fraction of sp³-hybridized carbons (Fsp3) is 0.300. The number of benzene rings is 1. The van der Waals surface area contributed by atoms with Gasteiger partial charge in [-0.25, -0.2) is 0 Å². The van der Waals surface area contributed by atoms with Gasteiger partial charge in [0.2, 0.25) is 5.91 Å². The topological polar surface area (TPSA) is 64.3 Å². The van der Waals surface area contributed by atoms with Crippen molar-refractivity contribution in [2.75, 3.05) is 18.2 Å². The van der Waals surface area contributed by atoms with E-state index < -0.39 is 18.5 Å². The van der Waals surface area contributed by atoms with Crippen molar-refractivity contribution in [3.05, 3.63) is 18.2 Å². The van der Waals surface area contributed by atoms with Gasteiger partial charge in [0.05, 0.1) is 18.5 Å². The lowest BCUT2D eigenvalue weighted by atomic mass is 10.2. The smallest absolute Gasteiger partial charge is 0.397 e. The van der Waals surface area contributed by atoms with Crippen molar-refractivity contribution in [3.8, 4) is 5.75 Å². The molecule has 0 unspecified atom stereocenters. The maximum atomic E-state index is 11.9. The van der Waals surface area contributed by atoms with Crippen molar-refractivity contribution in [1.82, 2.24) is 0 Å². The Morgan fingerprint density at radius 1 is 1.47 bits per heavy atom. The summed E-state index contributed by atoms with van der Waals surface area (Å²) in [5, 5.41) is 2.08. The van der Waals surface area contributed by atoms with Gasteiger partial charge in [-0.2, -0.15) is 13.2 Å². The van der Waals surface area contributed by atoms with Crippen molar-refractivity contribution < 1.29 is 22.7 Å². The highest BCUT2D eigenvalue weighted by Gasteiger charge is 2.31. The number of alkyl halides is 3. The molecule has 0 saturated heterocycles. The number of methoxy groups -OCH3 is 1. The number of nitrogens with two attached hydrogens (primary N) is 1. The maximum Gasteiger partial charge on any atom is 0.397 e. The summed E-state index contributed by atoms with van der Waals surface area (Å²) in [6.07, 6.45) is -6.08. The maximum absolute atomic E-state index is 11.9. The van der Waals surface area contributed by atoms with Crippen LogP contribution in [0.4, 0.5) is 24.5 Å². The number of carbonyl (C=O) groups is 1. The number of hydrogen-bond acceptors (Lipinski definition) is 3. The average Bonchev–Trinajstić information content (AvgIpc) is 2.18. The van der Waals surface area contributed by atoms with Gasteiger partial charge < -0.3 is 15.8 Å². The molecule has 0 atom stereocenters. The van der Waals surface area contributed by atoms with Crippen LogP contribution in [-0.2, 0) is 4.79 Å². The predicted molar refractivity (Wildman–Crippen MR) is 56.7 cm³/mol. The summed E-state index contributed by atoms with van der Waals surface area (Å²) >= 11 is 0. The van der Waals surface area contributed by atoms with E-state index in [0.717, 1.165) is 0 Å². The second-order valence-electron chi connectivity index (χ2n) is 3.29. The predicted octanol–water partition coefficient (Wildman–Crippen LogP) is 2.17. The van der Waals surface area contributed by atoms with E-state index in [4.69, 9.17) is 10.5 Å². The Hall–Kier alpha value is -1.92. The van der Waals surface area contributed by atoms with Gasteiger partial charge in [-0.1, -0.05) is 0 Å². The number of amides is 1. The van der Waals surface area contributed by atoms with Gasteiger partial charge >= 0.3 is 6.18 Å². The largest absolute Gasteiger partial charge is 0.497 e. The fourth-order valence-electron chi connectivity index (χ4n) is 1.16. The van der Waals surface area contributed by atoms with E-state index in [-0.39, 0.29) is 11.4 Å². The molecule has 0 aliphatic heterocycles. The number of nitrogen functional groups attached to an aromatic ring is 1. The molecule has 17 heavy (non-hydrogen) atoms. The zero-order chi connectivity index (χ0) is 13.1. The minimum atomic E-state index is -4.54. The first kappa shape index (κ1) is 13.1. The third-order valence-electron chi connectivity index (χ3n) is 1.89. The van der Waals surface area contributed by atoms with Crippen LogP contribution in [0.1, 0.15) is 6.42 Å². The van der Waals surface area contributed by atoms with Crippen LogP contribution in [-0.4, -0.2) is 19.2 Å². The van der Waals surface area contributed by atoms with Gasteiger partial charge in [0.25, 0.3) is 0 Å². The Bertz CT molecular complexity index is 419. The molecule has 0 saturated carbocycles. The quantitative estimate of drug-likeness (QED) is 0.806. The van der Waals surface area contributed by atoms with Gasteiger partial charge in [0.15, 0.2) is 0 Å². The van der Waals surface area contributed by atoms with E-state index in [1.807, 2.05) is 0 Å². The van der Waals surface area contributed by atoms with E-state index in [1.54, 1.807) is 0 Å². The van der Waals surface area contributed by atoms with E-state index in [1.165, 1.54) is 25.3 Å². The Morgan fingerprint density at radius 2 is 2.12 bits per heavy atom. The van der Waals surface area contributed by atoms with Crippen molar-refractivity contribution in [1.29, 1.82) is 0 Å². The summed E-state index contributed by atoms with van der Waals surface area (Å²) in [6, 6.07) is 4.27. The van der Waals surface area contributed by atoms with Crippen LogP contribution in [0.2, 0.25) is 0 Å². The molecular formula is C10H11F3N2O2. The van der Waals surface area contributed by atoms with Crippen LogP contribution in [0.25, 0.3) is 0 Å². The highest BCUT2D eigenvalue weighted by molar-refractivity contribution is 5.94. The molecule has 0 aliphatic carbocycles. The van der Waals surface area contributed by atoms with Crippen LogP contribution in [0.3, 0.4) is 0 Å². The number of carbonyl (C=O) groups excluding carboxylic acids is 1. The number of rotatable bonds is 3. The second-order valence-corrected chi connectivity index (χ2v) is 3.29. The molecule has 0 aliphatic rings. The summed E-state index contributed by atoms with van der Waals surface area (Å²) in [5.74, 6) is -0.703. The van der Waals surface area contributed by atoms with Gasteiger partial charge in [-0.3, -0.25) is 4.79 Å². The fourth-order valence-corrected chi connectivity index (χ4v) is 1.16. The molecule has 1 aromatic carbocycles. The summed E-state index contributed by atoms with van der Waals surface area (Å²) in [7, 11) is 1.43. The summed E-state index contributed by atoms with van der Waals surface area (Å²) < 4.78 is 40.6. The SMILES string of the molecule is COc1ccc(NC(=O)CC(F)(F)F)c(N)c1. The minimum absolute atomic E-state index is 0.125. The molecule has 1 rings (SSSR count). The monoisotopic (exact) mass is 248 g/mol. The van der Waals surface area contributed by atoms with Gasteiger partial charge in [-0.15, -0.1) is 0 Å². The number of halogens is 3. The Morgan fingerprint density at radius 3 is 2.59 bits per heavy atom. The molecule has 3 N–H and O–H groups in total. The normalized spacial score (nSPS) is 11.1. The molecule has 0 heterocycles. The molecule has 0 fully saturated rings. The number of nitrogens with one attached hydrogen (secondary N) is 1. The number of ether oxygens (including phenoxy) is 1. The highest BCUT2D eigenvalue weighted by atomic mass is 19.4.